The summed E-state index contributed by atoms with van der Waals surface area (Å²) < 4.78 is 6.73. The second-order valence-electron chi connectivity index (χ2n) is 4.33. The number of nitrogens with one attached hydrogen (secondary N) is 1. The lowest BCUT2D eigenvalue weighted by Crippen LogP contribution is -2.16. The molecule has 94 valence electrons. The van der Waals surface area contributed by atoms with Crippen LogP contribution in [0.15, 0.2) is 22.7 Å². The third kappa shape index (κ3) is 4.30. The van der Waals surface area contributed by atoms with Gasteiger partial charge in [0.05, 0.1) is 6.61 Å². The van der Waals surface area contributed by atoms with Crippen LogP contribution in [0.3, 0.4) is 0 Å². The third-order valence-corrected chi connectivity index (χ3v) is 3.23. The third-order valence-electron chi connectivity index (χ3n) is 2.74. The summed E-state index contributed by atoms with van der Waals surface area (Å²) in [5, 5.41) is 12.2. The predicted molar refractivity (Wildman–Crippen MR) is 71.2 cm³/mol. The van der Waals surface area contributed by atoms with E-state index in [0.29, 0.717) is 19.1 Å². The molecule has 0 heterocycles. The summed E-state index contributed by atoms with van der Waals surface area (Å²) in [6.45, 7) is 1.58. The van der Waals surface area contributed by atoms with Crippen LogP contribution in [0.5, 0.6) is 5.75 Å². The molecular formula is C13H18BrNO2. The molecule has 0 spiro atoms. The first kappa shape index (κ1) is 12.9. The molecule has 0 unspecified atom stereocenters. The first-order valence-corrected chi connectivity index (χ1v) is 6.84. The molecule has 1 aliphatic rings. The Labute approximate surface area is 110 Å². The normalized spacial score (nSPS) is 14.9. The van der Waals surface area contributed by atoms with E-state index in [1.165, 1.54) is 18.4 Å². The van der Waals surface area contributed by atoms with Gasteiger partial charge in [0.1, 0.15) is 5.75 Å². The summed E-state index contributed by atoms with van der Waals surface area (Å²) in [7, 11) is 0. The van der Waals surface area contributed by atoms with Crippen LogP contribution in [0.25, 0.3) is 0 Å². The van der Waals surface area contributed by atoms with Gasteiger partial charge in [0, 0.05) is 35.7 Å². The van der Waals surface area contributed by atoms with E-state index in [9.17, 15) is 0 Å². The lowest BCUT2D eigenvalue weighted by atomic mass is 10.2. The SMILES string of the molecule is OCCCOc1ccc(Br)cc1CNC1CC1. The number of benzene rings is 1. The molecule has 0 aromatic heterocycles. The van der Waals surface area contributed by atoms with E-state index in [1.54, 1.807) is 0 Å². The average Bonchev–Trinajstić information content (AvgIpc) is 3.13. The van der Waals surface area contributed by atoms with Gasteiger partial charge in [0.2, 0.25) is 0 Å². The van der Waals surface area contributed by atoms with Crippen LogP contribution in [0, 0.1) is 0 Å². The average molecular weight is 300 g/mol. The molecule has 0 atom stereocenters. The number of hydrogen-bond acceptors (Lipinski definition) is 3. The molecule has 2 N–H and O–H groups in total. The van der Waals surface area contributed by atoms with E-state index in [1.807, 2.05) is 12.1 Å². The molecule has 0 saturated heterocycles. The van der Waals surface area contributed by atoms with E-state index >= 15 is 0 Å². The van der Waals surface area contributed by atoms with Crippen LogP contribution in [-0.4, -0.2) is 24.4 Å². The van der Waals surface area contributed by atoms with E-state index in [4.69, 9.17) is 9.84 Å². The van der Waals surface area contributed by atoms with Gasteiger partial charge in [-0.3, -0.25) is 0 Å². The topological polar surface area (TPSA) is 41.5 Å². The summed E-state index contributed by atoms with van der Waals surface area (Å²) >= 11 is 3.48. The van der Waals surface area contributed by atoms with Gasteiger partial charge in [-0.15, -0.1) is 0 Å². The lowest BCUT2D eigenvalue weighted by Gasteiger charge is -2.12. The van der Waals surface area contributed by atoms with Gasteiger partial charge < -0.3 is 15.2 Å². The fourth-order valence-corrected chi connectivity index (χ4v) is 2.02. The smallest absolute Gasteiger partial charge is 0.123 e. The van der Waals surface area contributed by atoms with Gasteiger partial charge >= 0.3 is 0 Å². The summed E-state index contributed by atoms with van der Waals surface area (Å²) in [5.74, 6) is 0.912. The molecule has 3 nitrogen and oxygen atoms in total. The first-order valence-electron chi connectivity index (χ1n) is 6.05. The maximum absolute atomic E-state index is 8.74. The summed E-state index contributed by atoms with van der Waals surface area (Å²) in [6.07, 6.45) is 3.25. The molecule has 1 aromatic carbocycles. The molecule has 1 aromatic rings. The number of rotatable bonds is 7. The van der Waals surface area contributed by atoms with Gasteiger partial charge in [0.25, 0.3) is 0 Å². The highest BCUT2D eigenvalue weighted by Gasteiger charge is 2.20. The standard InChI is InChI=1S/C13H18BrNO2/c14-11-2-5-13(17-7-1-6-16)10(8-11)9-15-12-3-4-12/h2,5,8,12,15-16H,1,3-4,6-7,9H2. The molecule has 2 rings (SSSR count). The van der Waals surface area contributed by atoms with Crippen molar-refractivity contribution in [1.82, 2.24) is 5.32 Å². The Balaban J connectivity index is 1.95. The minimum atomic E-state index is 0.173. The van der Waals surface area contributed by atoms with Gasteiger partial charge in [-0.1, -0.05) is 15.9 Å². The van der Waals surface area contributed by atoms with Crippen molar-refractivity contribution in [3.05, 3.63) is 28.2 Å². The summed E-state index contributed by atoms with van der Waals surface area (Å²) in [6, 6.07) is 6.74. The maximum atomic E-state index is 8.74. The van der Waals surface area contributed by atoms with E-state index in [-0.39, 0.29) is 6.61 Å². The molecule has 1 fully saturated rings. The zero-order valence-electron chi connectivity index (χ0n) is 9.79. The molecule has 1 saturated carbocycles. The highest BCUT2D eigenvalue weighted by atomic mass is 79.9. The number of aliphatic hydroxyl groups excluding tert-OH is 1. The highest BCUT2D eigenvalue weighted by Crippen LogP contribution is 2.25. The van der Waals surface area contributed by atoms with E-state index < -0.39 is 0 Å². The fourth-order valence-electron chi connectivity index (χ4n) is 1.62. The number of halogens is 1. The molecule has 0 bridgehead atoms. The molecular weight excluding hydrogens is 282 g/mol. The predicted octanol–water partition coefficient (Wildman–Crippen LogP) is 2.46. The van der Waals surface area contributed by atoms with Crippen molar-refractivity contribution < 1.29 is 9.84 Å². The number of hydrogen-bond donors (Lipinski definition) is 2. The van der Waals surface area contributed by atoms with E-state index in [0.717, 1.165) is 16.8 Å². The maximum Gasteiger partial charge on any atom is 0.123 e. The van der Waals surface area contributed by atoms with Crippen molar-refractivity contribution in [1.29, 1.82) is 0 Å². The van der Waals surface area contributed by atoms with Gasteiger partial charge in [-0.2, -0.15) is 0 Å². The quantitative estimate of drug-likeness (QED) is 0.760. The number of aliphatic hydroxyl groups is 1. The molecule has 4 heteroatoms. The molecule has 0 amide bonds. The Bertz CT molecular complexity index is 366. The van der Waals surface area contributed by atoms with Crippen LogP contribution in [0.4, 0.5) is 0 Å². The van der Waals surface area contributed by atoms with Gasteiger partial charge in [-0.25, -0.2) is 0 Å². The Morgan fingerprint density at radius 2 is 2.24 bits per heavy atom. The Hall–Kier alpha value is -0.580. The second kappa shape index (κ2) is 6.38. The van der Waals surface area contributed by atoms with Crippen LogP contribution in [-0.2, 0) is 6.54 Å². The molecule has 17 heavy (non-hydrogen) atoms. The highest BCUT2D eigenvalue weighted by molar-refractivity contribution is 9.10. The van der Waals surface area contributed by atoms with Crippen molar-refractivity contribution >= 4 is 15.9 Å². The van der Waals surface area contributed by atoms with Crippen LogP contribution in [0.1, 0.15) is 24.8 Å². The second-order valence-corrected chi connectivity index (χ2v) is 5.25. The minimum Gasteiger partial charge on any atom is -0.493 e. The van der Waals surface area contributed by atoms with Crippen molar-refractivity contribution in [2.75, 3.05) is 13.2 Å². The molecule has 0 aliphatic heterocycles. The minimum absolute atomic E-state index is 0.173. The fraction of sp³-hybridized carbons (Fsp3) is 0.538. The lowest BCUT2D eigenvalue weighted by molar-refractivity contribution is 0.232. The summed E-state index contributed by atoms with van der Waals surface area (Å²) in [4.78, 5) is 0. The van der Waals surface area contributed by atoms with Crippen molar-refractivity contribution in [3.63, 3.8) is 0 Å². The summed E-state index contributed by atoms with van der Waals surface area (Å²) in [5.41, 5.74) is 1.17. The molecule has 0 radical (unpaired) electrons. The van der Waals surface area contributed by atoms with E-state index in [2.05, 4.69) is 27.3 Å². The van der Waals surface area contributed by atoms with Crippen LogP contribution in [0.2, 0.25) is 0 Å². The first-order chi connectivity index (χ1) is 8.29. The Morgan fingerprint density at radius 1 is 1.41 bits per heavy atom. The number of ether oxygens (including phenoxy) is 1. The van der Waals surface area contributed by atoms with Crippen molar-refractivity contribution in [2.24, 2.45) is 0 Å². The monoisotopic (exact) mass is 299 g/mol. The molecule has 1 aliphatic carbocycles. The van der Waals surface area contributed by atoms with Crippen LogP contribution >= 0.6 is 15.9 Å². The van der Waals surface area contributed by atoms with Crippen molar-refractivity contribution in [3.8, 4) is 5.75 Å². The Kier molecular flexibility index (Phi) is 4.83. The zero-order valence-corrected chi connectivity index (χ0v) is 11.4. The van der Waals surface area contributed by atoms with Crippen LogP contribution < -0.4 is 10.1 Å². The van der Waals surface area contributed by atoms with Gasteiger partial charge in [0.15, 0.2) is 0 Å². The van der Waals surface area contributed by atoms with Crippen molar-refractivity contribution in [2.45, 2.75) is 31.8 Å². The largest absolute Gasteiger partial charge is 0.493 e. The Morgan fingerprint density at radius 3 is 2.94 bits per heavy atom. The van der Waals surface area contributed by atoms with Gasteiger partial charge in [-0.05, 0) is 31.0 Å². The zero-order chi connectivity index (χ0) is 12.1.